The van der Waals surface area contributed by atoms with Gasteiger partial charge < -0.3 is 10.7 Å². The van der Waals surface area contributed by atoms with Gasteiger partial charge in [-0.2, -0.15) is 0 Å². The van der Waals surface area contributed by atoms with Crippen molar-refractivity contribution in [2.45, 2.75) is 25.8 Å². The fraction of sp³-hybridized carbons (Fsp3) is 0.222. The number of benzene rings is 2. The molecule has 0 amide bonds. The topological polar surface area (TPSA) is 41.8 Å². The molecular weight excluding hydrogens is 244 g/mol. The van der Waals surface area contributed by atoms with Crippen LogP contribution in [-0.2, 0) is 6.42 Å². The van der Waals surface area contributed by atoms with Crippen molar-refractivity contribution < 1.29 is 0 Å². The van der Waals surface area contributed by atoms with Gasteiger partial charge in [0.05, 0.1) is 0 Å². The lowest BCUT2D eigenvalue weighted by Gasteiger charge is -2.05. The van der Waals surface area contributed by atoms with Crippen molar-refractivity contribution in [2.75, 3.05) is 0 Å². The summed E-state index contributed by atoms with van der Waals surface area (Å²) in [5, 5.41) is 1.31. The van der Waals surface area contributed by atoms with E-state index in [2.05, 4.69) is 60.6 Å². The molecule has 2 nitrogen and oxygen atoms in total. The Labute approximate surface area is 119 Å². The average molecular weight is 264 g/mol. The molecule has 0 radical (unpaired) electrons. The van der Waals surface area contributed by atoms with Crippen LogP contribution >= 0.6 is 0 Å². The second-order valence-electron chi connectivity index (χ2n) is 5.46. The molecule has 3 rings (SSSR count). The minimum absolute atomic E-state index is 0.247. The maximum Gasteiger partial charge on any atom is 0.0457 e. The number of aryl methyl sites for hydroxylation is 1. The lowest BCUT2D eigenvalue weighted by molar-refractivity contribution is 0.668. The Morgan fingerprint density at radius 2 is 1.85 bits per heavy atom. The Balaban J connectivity index is 1.99. The monoisotopic (exact) mass is 264 g/mol. The number of fused-ring (bicyclic) bond motifs is 1. The van der Waals surface area contributed by atoms with Crippen molar-refractivity contribution >= 4 is 10.9 Å². The number of hydrogen-bond acceptors (Lipinski definition) is 1. The minimum Gasteiger partial charge on any atom is -0.361 e. The zero-order valence-corrected chi connectivity index (χ0v) is 11.8. The standard InChI is InChI=1S/C18H20N2/c1-13(19)7-8-16-12-20-18-10-9-15(11-17(16)18)14-5-3-2-4-6-14/h2-6,9-13,20H,7-8,19H2,1H3. The van der Waals surface area contributed by atoms with E-state index in [0.717, 1.165) is 12.8 Å². The highest BCUT2D eigenvalue weighted by Gasteiger charge is 2.06. The average Bonchev–Trinajstić information content (AvgIpc) is 2.88. The summed E-state index contributed by atoms with van der Waals surface area (Å²) in [6.07, 6.45) is 4.15. The van der Waals surface area contributed by atoms with Gasteiger partial charge in [0.15, 0.2) is 0 Å². The molecule has 3 N–H and O–H groups in total. The molecular formula is C18H20N2. The molecule has 0 aliphatic rings. The van der Waals surface area contributed by atoms with Crippen LogP contribution in [0.1, 0.15) is 18.9 Å². The van der Waals surface area contributed by atoms with Crippen LogP contribution < -0.4 is 5.73 Å². The highest BCUT2D eigenvalue weighted by molar-refractivity contribution is 5.88. The zero-order chi connectivity index (χ0) is 13.9. The summed E-state index contributed by atoms with van der Waals surface area (Å²) in [5.41, 5.74) is 10.9. The van der Waals surface area contributed by atoms with Crippen molar-refractivity contribution in [3.8, 4) is 11.1 Å². The highest BCUT2D eigenvalue weighted by atomic mass is 14.7. The van der Waals surface area contributed by atoms with Crippen molar-refractivity contribution in [3.05, 3.63) is 60.3 Å². The third-order valence-electron chi connectivity index (χ3n) is 3.74. The van der Waals surface area contributed by atoms with Gasteiger partial charge in [-0.25, -0.2) is 0 Å². The molecule has 0 fully saturated rings. The molecule has 1 atom stereocenters. The van der Waals surface area contributed by atoms with Crippen LogP contribution in [0.4, 0.5) is 0 Å². The van der Waals surface area contributed by atoms with Crippen LogP contribution in [0.5, 0.6) is 0 Å². The van der Waals surface area contributed by atoms with Gasteiger partial charge in [0, 0.05) is 23.1 Å². The number of rotatable bonds is 4. The SMILES string of the molecule is CC(N)CCc1c[nH]c2ccc(-c3ccccc3)cc12. The van der Waals surface area contributed by atoms with E-state index in [0.29, 0.717) is 0 Å². The molecule has 102 valence electrons. The Kier molecular flexibility index (Phi) is 3.57. The number of nitrogens with one attached hydrogen (secondary N) is 1. The van der Waals surface area contributed by atoms with Crippen LogP contribution in [0.25, 0.3) is 22.0 Å². The van der Waals surface area contributed by atoms with E-state index in [1.54, 1.807) is 0 Å². The van der Waals surface area contributed by atoms with Gasteiger partial charge in [-0.3, -0.25) is 0 Å². The molecule has 1 heterocycles. The van der Waals surface area contributed by atoms with E-state index in [1.165, 1.54) is 27.6 Å². The molecule has 0 aliphatic heterocycles. The van der Waals surface area contributed by atoms with Crippen molar-refractivity contribution in [2.24, 2.45) is 5.73 Å². The Hall–Kier alpha value is -2.06. The maximum absolute atomic E-state index is 5.86. The van der Waals surface area contributed by atoms with Crippen LogP contribution in [-0.4, -0.2) is 11.0 Å². The first-order valence-corrected chi connectivity index (χ1v) is 7.15. The summed E-state index contributed by atoms with van der Waals surface area (Å²) in [4.78, 5) is 3.35. The van der Waals surface area contributed by atoms with E-state index in [9.17, 15) is 0 Å². The maximum atomic E-state index is 5.86. The molecule has 1 aromatic heterocycles. The zero-order valence-electron chi connectivity index (χ0n) is 11.8. The first kappa shape index (κ1) is 12.9. The lowest BCUT2D eigenvalue weighted by Crippen LogP contribution is -2.15. The van der Waals surface area contributed by atoms with Crippen molar-refractivity contribution in [3.63, 3.8) is 0 Å². The van der Waals surface area contributed by atoms with Gasteiger partial charge >= 0.3 is 0 Å². The van der Waals surface area contributed by atoms with Crippen LogP contribution in [0, 0.1) is 0 Å². The van der Waals surface area contributed by atoms with Crippen molar-refractivity contribution in [1.82, 2.24) is 4.98 Å². The Morgan fingerprint density at radius 3 is 2.60 bits per heavy atom. The molecule has 1 unspecified atom stereocenters. The molecule has 0 saturated heterocycles. The van der Waals surface area contributed by atoms with Crippen LogP contribution in [0.15, 0.2) is 54.7 Å². The number of hydrogen-bond donors (Lipinski definition) is 2. The predicted octanol–water partition coefficient (Wildman–Crippen LogP) is 4.11. The summed E-state index contributed by atoms with van der Waals surface area (Å²) in [6, 6.07) is 17.4. The summed E-state index contributed by atoms with van der Waals surface area (Å²) >= 11 is 0. The van der Waals surface area contributed by atoms with E-state index >= 15 is 0 Å². The van der Waals surface area contributed by atoms with Crippen LogP contribution in [0.2, 0.25) is 0 Å². The van der Waals surface area contributed by atoms with Gasteiger partial charge in [0.1, 0.15) is 0 Å². The largest absolute Gasteiger partial charge is 0.361 e. The minimum atomic E-state index is 0.247. The summed E-state index contributed by atoms with van der Waals surface area (Å²) in [6.45, 7) is 2.06. The van der Waals surface area contributed by atoms with E-state index < -0.39 is 0 Å². The summed E-state index contributed by atoms with van der Waals surface area (Å²) in [5.74, 6) is 0. The molecule has 2 aromatic carbocycles. The molecule has 3 aromatic rings. The summed E-state index contributed by atoms with van der Waals surface area (Å²) < 4.78 is 0. The number of aromatic amines is 1. The molecule has 0 saturated carbocycles. The summed E-state index contributed by atoms with van der Waals surface area (Å²) in [7, 11) is 0. The molecule has 0 aliphatic carbocycles. The molecule has 0 spiro atoms. The number of H-pyrrole nitrogens is 1. The first-order chi connectivity index (χ1) is 9.74. The van der Waals surface area contributed by atoms with Gasteiger partial charge in [-0.1, -0.05) is 36.4 Å². The second kappa shape index (κ2) is 5.51. The normalized spacial score (nSPS) is 12.7. The fourth-order valence-electron chi connectivity index (χ4n) is 2.58. The Morgan fingerprint density at radius 1 is 1.05 bits per heavy atom. The second-order valence-corrected chi connectivity index (χ2v) is 5.46. The van der Waals surface area contributed by atoms with Crippen molar-refractivity contribution in [1.29, 1.82) is 0 Å². The van der Waals surface area contributed by atoms with E-state index in [4.69, 9.17) is 5.73 Å². The predicted molar refractivity (Wildman–Crippen MR) is 85.7 cm³/mol. The number of nitrogens with two attached hydrogens (primary N) is 1. The highest BCUT2D eigenvalue weighted by Crippen LogP contribution is 2.27. The van der Waals surface area contributed by atoms with Gasteiger partial charge in [0.2, 0.25) is 0 Å². The van der Waals surface area contributed by atoms with Gasteiger partial charge in [-0.05, 0) is 48.6 Å². The third kappa shape index (κ3) is 2.61. The molecule has 20 heavy (non-hydrogen) atoms. The lowest BCUT2D eigenvalue weighted by atomic mass is 10.0. The van der Waals surface area contributed by atoms with E-state index in [-0.39, 0.29) is 6.04 Å². The molecule has 2 heteroatoms. The quantitative estimate of drug-likeness (QED) is 0.731. The first-order valence-electron chi connectivity index (χ1n) is 7.15. The van der Waals surface area contributed by atoms with E-state index in [1.807, 2.05) is 6.07 Å². The van der Waals surface area contributed by atoms with Gasteiger partial charge in [0.25, 0.3) is 0 Å². The third-order valence-corrected chi connectivity index (χ3v) is 3.74. The fourth-order valence-corrected chi connectivity index (χ4v) is 2.58. The Bertz CT molecular complexity index is 696. The molecule has 0 bridgehead atoms. The van der Waals surface area contributed by atoms with Gasteiger partial charge in [-0.15, -0.1) is 0 Å². The number of aromatic nitrogens is 1. The smallest absolute Gasteiger partial charge is 0.0457 e. The van der Waals surface area contributed by atoms with Crippen LogP contribution in [0.3, 0.4) is 0 Å².